The average molecular weight is 141 g/mol. The van der Waals surface area contributed by atoms with E-state index >= 15 is 0 Å². The fourth-order valence-corrected chi connectivity index (χ4v) is 1.50. The number of hydrogen-bond donors (Lipinski definition) is 1. The van der Waals surface area contributed by atoms with Crippen molar-refractivity contribution in [3.63, 3.8) is 0 Å². The topological polar surface area (TPSA) is 35.2 Å². The van der Waals surface area contributed by atoms with Crippen molar-refractivity contribution in [2.75, 3.05) is 0 Å². The van der Waals surface area contributed by atoms with E-state index in [9.17, 15) is 0 Å². The van der Waals surface area contributed by atoms with E-state index in [1.54, 1.807) is 0 Å². The summed E-state index contributed by atoms with van der Waals surface area (Å²) >= 11 is 0. The molecule has 2 nitrogen and oxygen atoms in total. The maximum atomic E-state index is 5.71. The minimum Gasteiger partial charge on any atom is -0.375 e. The Morgan fingerprint density at radius 1 is 1.10 bits per heavy atom. The Balaban J connectivity index is 1.62. The van der Waals surface area contributed by atoms with Crippen molar-refractivity contribution in [2.45, 2.75) is 50.4 Å². The Morgan fingerprint density at radius 2 is 1.80 bits per heavy atom. The summed E-state index contributed by atoms with van der Waals surface area (Å²) in [5.74, 6) is 0. The predicted molar refractivity (Wildman–Crippen MR) is 39.7 cm³/mol. The lowest BCUT2D eigenvalue weighted by Crippen LogP contribution is -2.44. The second kappa shape index (κ2) is 2.51. The lowest BCUT2D eigenvalue weighted by Gasteiger charge is -2.38. The first-order chi connectivity index (χ1) is 4.84. The van der Waals surface area contributed by atoms with Gasteiger partial charge < -0.3 is 10.5 Å². The molecule has 2 fully saturated rings. The third kappa shape index (κ3) is 1.18. The van der Waals surface area contributed by atoms with Crippen molar-refractivity contribution >= 4 is 0 Å². The molecule has 2 aliphatic rings. The Labute approximate surface area is 61.7 Å². The monoisotopic (exact) mass is 141 g/mol. The fourth-order valence-electron chi connectivity index (χ4n) is 1.50. The molecule has 2 aliphatic carbocycles. The predicted octanol–water partition coefficient (Wildman–Crippen LogP) is 1.05. The molecule has 0 radical (unpaired) electrons. The van der Waals surface area contributed by atoms with Gasteiger partial charge in [-0.2, -0.15) is 0 Å². The molecule has 0 aliphatic heterocycles. The summed E-state index contributed by atoms with van der Waals surface area (Å²) in [7, 11) is 0. The number of nitrogens with two attached hydrogens (primary N) is 1. The first-order valence-electron chi connectivity index (χ1n) is 4.25. The summed E-state index contributed by atoms with van der Waals surface area (Å²) in [6, 6.07) is 0.435. The molecule has 0 amide bonds. The molecule has 0 unspecified atom stereocenters. The smallest absolute Gasteiger partial charge is 0.0608 e. The largest absolute Gasteiger partial charge is 0.375 e. The van der Waals surface area contributed by atoms with Crippen molar-refractivity contribution in [1.82, 2.24) is 0 Å². The molecular formula is C8H15NO. The van der Waals surface area contributed by atoms with Gasteiger partial charge in [-0.05, 0) is 32.1 Å². The van der Waals surface area contributed by atoms with Gasteiger partial charge in [0.15, 0.2) is 0 Å². The minimum atomic E-state index is 0.435. The highest BCUT2D eigenvalue weighted by atomic mass is 16.5. The van der Waals surface area contributed by atoms with Crippen LogP contribution in [0.1, 0.15) is 32.1 Å². The molecule has 0 aromatic carbocycles. The highest BCUT2D eigenvalue weighted by Gasteiger charge is 2.30. The van der Waals surface area contributed by atoms with Crippen LogP contribution in [0.4, 0.5) is 0 Å². The Kier molecular flexibility index (Phi) is 1.66. The third-order valence-corrected chi connectivity index (χ3v) is 2.57. The zero-order valence-electron chi connectivity index (χ0n) is 6.25. The molecule has 0 aromatic heterocycles. The van der Waals surface area contributed by atoms with Crippen LogP contribution in [0.3, 0.4) is 0 Å². The molecular weight excluding hydrogens is 126 g/mol. The highest BCUT2D eigenvalue weighted by molar-refractivity contribution is 4.85. The standard InChI is InChI=1S/C8H15NO/c9-6-4-8(5-6)10-7-2-1-3-7/h6-8H,1-5,9H2. The quantitative estimate of drug-likeness (QED) is 0.623. The van der Waals surface area contributed by atoms with Gasteiger partial charge >= 0.3 is 0 Å². The van der Waals surface area contributed by atoms with Crippen LogP contribution >= 0.6 is 0 Å². The van der Waals surface area contributed by atoms with Crippen LogP contribution in [0.2, 0.25) is 0 Å². The van der Waals surface area contributed by atoms with E-state index in [1.807, 2.05) is 0 Å². The zero-order chi connectivity index (χ0) is 6.97. The van der Waals surface area contributed by atoms with Gasteiger partial charge in [0.1, 0.15) is 0 Å². The first-order valence-corrected chi connectivity index (χ1v) is 4.25. The third-order valence-electron chi connectivity index (χ3n) is 2.57. The van der Waals surface area contributed by atoms with Gasteiger partial charge in [0.05, 0.1) is 12.2 Å². The van der Waals surface area contributed by atoms with Crippen LogP contribution in [0.25, 0.3) is 0 Å². The van der Waals surface area contributed by atoms with E-state index < -0.39 is 0 Å². The average Bonchev–Trinajstić information content (AvgIpc) is 1.72. The molecule has 0 bridgehead atoms. The number of rotatable bonds is 2. The molecule has 10 heavy (non-hydrogen) atoms. The Morgan fingerprint density at radius 3 is 2.20 bits per heavy atom. The molecule has 0 saturated heterocycles. The summed E-state index contributed by atoms with van der Waals surface area (Å²) in [6.07, 6.45) is 7.23. The van der Waals surface area contributed by atoms with Gasteiger partial charge in [-0.25, -0.2) is 0 Å². The number of ether oxygens (including phenoxy) is 1. The Bertz CT molecular complexity index is 116. The van der Waals surface area contributed by atoms with E-state index in [1.165, 1.54) is 19.3 Å². The molecule has 2 rings (SSSR count). The van der Waals surface area contributed by atoms with Crippen LogP contribution in [0.15, 0.2) is 0 Å². The fraction of sp³-hybridized carbons (Fsp3) is 1.00. The lowest BCUT2D eigenvalue weighted by atomic mass is 9.88. The van der Waals surface area contributed by atoms with E-state index in [4.69, 9.17) is 10.5 Å². The maximum absolute atomic E-state index is 5.71. The lowest BCUT2D eigenvalue weighted by molar-refractivity contribution is -0.0884. The summed E-state index contributed by atoms with van der Waals surface area (Å²) in [6.45, 7) is 0. The van der Waals surface area contributed by atoms with Gasteiger partial charge in [-0.1, -0.05) is 0 Å². The van der Waals surface area contributed by atoms with Crippen LogP contribution in [0.5, 0.6) is 0 Å². The van der Waals surface area contributed by atoms with Gasteiger partial charge in [0.2, 0.25) is 0 Å². The minimum absolute atomic E-state index is 0.435. The summed E-state index contributed by atoms with van der Waals surface area (Å²) in [4.78, 5) is 0. The van der Waals surface area contributed by atoms with Crippen molar-refractivity contribution in [3.05, 3.63) is 0 Å². The Hall–Kier alpha value is -0.0800. The van der Waals surface area contributed by atoms with E-state index in [0.717, 1.165) is 12.8 Å². The second-order valence-corrected chi connectivity index (χ2v) is 3.54. The first kappa shape index (κ1) is 6.62. The highest BCUT2D eigenvalue weighted by Crippen LogP contribution is 2.29. The number of hydrogen-bond acceptors (Lipinski definition) is 2. The van der Waals surface area contributed by atoms with Crippen LogP contribution in [-0.4, -0.2) is 18.2 Å². The van der Waals surface area contributed by atoms with Gasteiger partial charge in [-0.15, -0.1) is 0 Å². The van der Waals surface area contributed by atoms with Crippen LogP contribution < -0.4 is 5.73 Å². The molecule has 0 heterocycles. The van der Waals surface area contributed by atoms with Crippen molar-refractivity contribution < 1.29 is 4.74 Å². The van der Waals surface area contributed by atoms with Crippen molar-refractivity contribution in [1.29, 1.82) is 0 Å². The molecule has 2 N–H and O–H groups in total. The van der Waals surface area contributed by atoms with Gasteiger partial charge in [0.25, 0.3) is 0 Å². The van der Waals surface area contributed by atoms with E-state index in [-0.39, 0.29) is 0 Å². The molecule has 0 spiro atoms. The van der Waals surface area contributed by atoms with Gasteiger partial charge in [-0.3, -0.25) is 0 Å². The van der Waals surface area contributed by atoms with Crippen LogP contribution in [0, 0.1) is 0 Å². The van der Waals surface area contributed by atoms with Crippen molar-refractivity contribution in [3.8, 4) is 0 Å². The molecule has 2 saturated carbocycles. The molecule has 0 atom stereocenters. The van der Waals surface area contributed by atoms with Crippen molar-refractivity contribution in [2.24, 2.45) is 5.73 Å². The molecule has 2 heteroatoms. The summed E-state index contributed by atoms with van der Waals surface area (Å²) in [5, 5.41) is 0. The zero-order valence-corrected chi connectivity index (χ0v) is 6.25. The normalized spacial score (nSPS) is 40.5. The second-order valence-electron chi connectivity index (χ2n) is 3.54. The summed E-state index contributed by atoms with van der Waals surface area (Å²) in [5.41, 5.74) is 5.62. The molecule has 0 aromatic rings. The van der Waals surface area contributed by atoms with E-state index in [0.29, 0.717) is 18.2 Å². The van der Waals surface area contributed by atoms with Crippen LogP contribution in [-0.2, 0) is 4.74 Å². The SMILES string of the molecule is NC1CC(OC2CCC2)C1. The van der Waals surface area contributed by atoms with Gasteiger partial charge in [0, 0.05) is 6.04 Å². The van der Waals surface area contributed by atoms with E-state index in [2.05, 4.69) is 0 Å². The maximum Gasteiger partial charge on any atom is 0.0608 e. The molecule has 58 valence electrons. The summed E-state index contributed by atoms with van der Waals surface area (Å²) < 4.78 is 5.71.